The van der Waals surface area contributed by atoms with Crippen LogP contribution >= 0.6 is 0 Å². The number of nitrogen functional groups attached to an aromatic ring is 1. The number of nitrogens with zero attached hydrogens (tertiary/aromatic N) is 1. The number of rotatable bonds is 4. The topological polar surface area (TPSA) is 79.3 Å². The van der Waals surface area contributed by atoms with Gasteiger partial charge in [-0.1, -0.05) is 42.5 Å². The fraction of sp³-hybridized carbons (Fsp3) is 0.211. The summed E-state index contributed by atoms with van der Waals surface area (Å²) >= 11 is 0. The summed E-state index contributed by atoms with van der Waals surface area (Å²) in [5.74, 6) is 0.716. The van der Waals surface area contributed by atoms with Gasteiger partial charge in [0.2, 0.25) is 5.82 Å². The van der Waals surface area contributed by atoms with E-state index in [2.05, 4.69) is 9.97 Å². The average molecular weight is 322 g/mol. The van der Waals surface area contributed by atoms with E-state index in [0.29, 0.717) is 11.6 Å². The molecule has 0 amide bonds. The van der Waals surface area contributed by atoms with Crippen molar-refractivity contribution in [2.75, 3.05) is 5.73 Å². The number of hydrogen-bond acceptors (Lipinski definition) is 4. The summed E-state index contributed by atoms with van der Waals surface area (Å²) in [7, 11) is 0. The summed E-state index contributed by atoms with van der Waals surface area (Å²) in [5.41, 5.74) is 6.94. The summed E-state index contributed by atoms with van der Waals surface area (Å²) in [5, 5.41) is 0.845. The van der Waals surface area contributed by atoms with Gasteiger partial charge in [0.25, 0.3) is 5.82 Å². The van der Waals surface area contributed by atoms with E-state index in [1.807, 2.05) is 68.4 Å². The highest BCUT2D eigenvalue weighted by Gasteiger charge is 2.31. The van der Waals surface area contributed by atoms with Crippen molar-refractivity contribution < 1.29 is 14.5 Å². The molecule has 1 heterocycles. The molecule has 0 saturated heterocycles. The van der Waals surface area contributed by atoms with E-state index in [-0.39, 0.29) is 12.6 Å². The summed E-state index contributed by atoms with van der Waals surface area (Å²) in [6.45, 7) is 3.73. The Bertz CT molecular complexity index is 876. The van der Waals surface area contributed by atoms with Crippen LogP contribution in [-0.2, 0) is 21.6 Å². The van der Waals surface area contributed by atoms with Gasteiger partial charge in [-0.25, -0.2) is 4.98 Å². The number of aromatic nitrogens is 2. The van der Waals surface area contributed by atoms with E-state index in [9.17, 15) is 4.79 Å². The first-order chi connectivity index (χ1) is 11.5. The Hall–Kier alpha value is -2.95. The lowest BCUT2D eigenvalue weighted by Gasteiger charge is -2.22. The highest BCUT2D eigenvalue weighted by Crippen LogP contribution is 2.24. The highest BCUT2D eigenvalue weighted by molar-refractivity contribution is 5.86. The third-order valence-electron chi connectivity index (χ3n) is 4.07. The quantitative estimate of drug-likeness (QED) is 0.749. The monoisotopic (exact) mass is 322 g/mol. The summed E-state index contributed by atoms with van der Waals surface area (Å²) < 4.78 is 5.46. The highest BCUT2D eigenvalue weighted by atomic mass is 16.5. The smallest absolute Gasteiger partial charge is 0.316 e. The third-order valence-corrected chi connectivity index (χ3v) is 4.07. The van der Waals surface area contributed by atoms with Crippen molar-refractivity contribution in [2.45, 2.75) is 25.9 Å². The number of esters is 1. The standard InChI is InChI=1S/C19H19N3O2/c1-19(2,13-8-4-3-5-9-13)18(23)24-12-16-21-15-11-7-6-10-14(15)17(20)22-16/h3-11H,12H2,1-2H3,(H2,20,21,22)/p+1. The fourth-order valence-electron chi connectivity index (χ4n) is 2.55. The van der Waals surface area contributed by atoms with Gasteiger partial charge in [-0.2, -0.15) is 0 Å². The van der Waals surface area contributed by atoms with Gasteiger partial charge in [0, 0.05) is 0 Å². The van der Waals surface area contributed by atoms with Crippen LogP contribution in [0.15, 0.2) is 54.6 Å². The number of carbonyl (C=O) groups excluding carboxylic acids is 1. The Labute approximate surface area is 140 Å². The van der Waals surface area contributed by atoms with Gasteiger partial charge in [-0.15, -0.1) is 4.98 Å². The lowest BCUT2D eigenvalue weighted by atomic mass is 9.85. The predicted molar refractivity (Wildman–Crippen MR) is 92.0 cm³/mol. The summed E-state index contributed by atoms with van der Waals surface area (Å²) in [6.07, 6.45) is 0. The molecular weight excluding hydrogens is 302 g/mol. The third kappa shape index (κ3) is 3.06. The van der Waals surface area contributed by atoms with Gasteiger partial charge < -0.3 is 10.5 Å². The predicted octanol–water partition coefficient (Wildman–Crippen LogP) is 2.65. The molecule has 0 bridgehead atoms. The Morgan fingerprint density at radius 3 is 2.54 bits per heavy atom. The normalized spacial score (nSPS) is 11.4. The van der Waals surface area contributed by atoms with E-state index in [4.69, 9.17) is 10.5 Å². The van der Waals surface area contributed by atoms with Crippen LogP contribution in [0.1, 0.15) is 25.2 Å². The lowest BCUT2D eigenvalue weighted by Crippen LogP contribution is -2.32. The maximum Gasteiger partial charge on any atom is 0.316 e. The molecule has 0 aliphatic heterocycles. The minimum atomic E-state index is -0.732. The number of H-pyrrole nitrogens is 1. The zero-order valence-electron chi connectivity index (χ0n) is 13.7. The Balaban J connectivity index is 1.77. The van der Waals surface area contributed by atoms with Crippen LogP contribution in [0.25, 0.3) is 10.9 Å². The first-order valence-electron chi connectivity index (χ1n) is 7.77. The van der Waals surface area contributed by atoms with Crippen LogP contribution in [0.3, 0.4) is 0 Å². The maximum atomic E-state index is 12.5. The van der Waals surface area contributed by atoms with Crippen molar-refractivity contribution in [3.63, 3.8) is 0 Å². The summed E-state index contributed by atoms with van der Waals surface area (Å²) in [4.78, 5) is 19.9. The minimum Gasteiger partial charge on any atom is -0.454 e. The van der Waals surface area contributed by atoms with Crippen LogP contribution in [0.4, 0.5) is 5.82 Å². The molecule has 0 unspecified atom stereocenters. The van der Waals surface area contributed by atoms with E-state index in [1.54, 1.807) is 0 Å². The number of anilines is 1. The molecule has 0 aliphatic rings. The SMILES string of the molecule is CC(C)(C(=O)OCc1nc2ccccc2c(N)[nH+]1)c1ccccc1. The Morgan fingerprint density at radius 2 is 1.79 bits per heavy atom. The van der Waals surface area contributed by atoms with Crippen LogP contribution in [0, 0.1) is 0 Å². The summed E-state index contributed by atoms with van der Waals surface area (Å²) in [6, 6.07) is 17.1. The first-order valence-corrected chi connectivity index (χ1v) is 7.77. The number of benzene rings is 2. The number of nitrogens with two attached hydrogens (primary N) is 1. The van der Waals surface area contributed by atoms with Crippen LogP contribution in [0.2, 0.25) is 0 Å². The van der Waals surface area contributed by atoms with E-state index < -0.39 is 5.41 Å². The molecule has 3 N–H and O–H groups in total. The number of ether oxygens (including phenoxy) is 1. The van der Waals surface area contributed by atoms with Gasteiger partial charge in [-0.05, 0) is 31.5 Å². The molecular formula is C19H20N3O2+. The van der Waals surface area contributed by atoms with Crippen molar-refractivity contribution in [1.29, 1.82) is 0 Å². The molecule has 0 fully saturated rings. The van der Waals surface area contributed by atoms with Crippen molar-refractivity contribution >= 4 is 22.7 Å². The van der Waals surface area contributed by atoms with E-state index in [0.717, 1.165) is 16.5 Å². The number of hydrogen-bond donors (Lipinski definition) is 1. The zero-order chi connectivity index (χ0) is 17.2. The molecule has 0 saturated carbocycles. The van der Waals surface area contributed by atoms with Gasteiger partial charge in [0.1, 0.15) is 0 Å². The van der Waals surface area contributed by atoms with E-state index in [1.165, 1.54) is 0 Å². The average Bonchev–Trinajstić information content (AvgIpc) is 2.60. The molecule has 3 aromatic rings. The molecule has 5 nitrogen and oxygen atoms in total. The van der Waals surface area contributed by atoms with Gasteiger partial charge in [-0.3, -0.25) is 4.79 Å². The number of fused-ring (bicyclic) bond motifs is 1. The second kappa shape index (κ2) is 6.28. The van der Waals surface area contributed by atoms with Gasteiger partial charge >= 0.3 is 5.97 Å². The van der Waals surface area contributed by atoms with Crippen LogP contribution < -0.4 is 10.7 Å². The molecule has 122 valence electrons. The lowest BCUT2D eigenvalue weighted by molar-refractivity contribution is -0.381. The van der Waals surface area contributed by atoms with Crippen molar-refractivity contribution in [1.82, 2.24) is 4.98 Å². The molecule has 0 spiro atoms. The number of carbonyl (C=O) groups is 1. The van der Waals surface area contributed by atoms with Crippen LogP contribution in [0.5, 0.6) is 0 Å². The number of aromatic amines is 1. The fourth-order valence-corrected chi connectivity index (χ4v) is 2.55. The molecule has 0 radical (unpaired) electrons. The van der Waals surface area contributed by atoms with E-state index >= 15 is 0 Å². The first kappa shape index (κ1) is 15.9. The largest absolute Gasteiger partial charge is 0.454 e. The second-order valence-corrected chi connectivity index (χ2v) is 6.18. The van der Waals surface area contributed by atoms with Crippen molar-refractivity contribution in [2.24, 2.45) is 0 Å². The Kier molecular flexibility index (Phi) is 4.16. The molecule has 3 rings (SSSR count). The molecule has 2 aromatic carbocycles. The van der Waals surface area contributed by atoms with Crippen molar-refractivity contribution in [3.8, 4) is 0 Å². The molecule has 0 atom stereocenters. The van der Waals surface area contributed by atoms with Gasteiger partial charge in [0.05, 0.1) is 10.8 Å². The van der Waals surface area contributed by atoms with Gasteiger partial charge in [0.15, 0.2) is 12.1 Å². The van der Waals surface area contributed by atoms with Crippen molar-refractivity contribution in [3.05, 3.63) is 66.0 Å². The molecule has 0 aliphatic carbocycles. The number of nitrogens with one attached hydrogen (secondary N) is 1. The number of para-hydroxylation sites is 1. The zero-order valence-corrected chi connectivity index (χ0v) is 13.7. The maximum absolute atomic E-state index is 12.5. The Morgan fingerprint density at radius 1 is 1.12 bits per heavy atom. The second-order valence-electron chi connectivity index (χ2n) is 6.18. The van der Waals surface area contributed by atoms with Crippen LogP contribution in [-0.4, -0.2) is 11.0 Å². The minimum absolute atomic E-state index is 0.0458. The molecule has 5 heteroatoms. The molecule has 1 aromatic heterocycles. The molecule has 24 heavy (non-hydrogen) atoms.